The lowest BCUT2D eigenvalue weighted by Gasteiger charge is -2.01. The summed E-state index contributed by atoms with van der Waals surface area (Å²) in [4.78, 5) is 24.0. The quantitative estimate of drug-likeness (QED) is 0.771. The van der Waals surface area contributed by atoms with Crippen LogP contribution < -0.4 is 5.32 Å². The van der Waals surface area contributed by atoms with Crippen molar-refractivity contribution in [1.29, 1.82) is 5.26 Å². The molecule has 0 radical (unpaired) electrons. The average Bonchev–Trinajstić information content (AvgIpc) is 3.31. The Bertz CT molecular complexity index is 949. The first-order valence-corrected chi connectivity index (χ1v) is 7.67. The molecule has 0 spiro atoms. The highest BCUT2D eigenvalue weighted by molar-refractivity contribution is 6.02. The smallest absolute Gasteiger partial charge is 0.227 e. The van der Waals surface area contributed by atoms with E-state index in [1.165, 1.54) is 12.8 Å². The van der Waals surface area contributed by atoms with Gasteiger partial charge in [-0.2, -0.15) is 5.26 Å². The molecule has 1 amide bonds. The second-order valence-electron chi connectivity index (χ2n) is 5.97. The molecule has 114 valence electrons. The Hall–Kier alpha value is -2.94. The van der Waals surface area contributed by atoms with Crippen LogP contribution in [0.25, 0.3) is 21.9 Å². The standard InChI is InChI=1S/C17H15N5O/c18-7-11-3-4-13-12(5-11)17-14(9-19-13)21-15(22-17)6-16(23)20-8-10-1-2-10/h3-5,9-10H,1-2,6,8H2,(H,20,23)(H,21,22). The van der Waals surface area contributed by atoms with Crippen molar-refractivity contribution in [1.82, 2.24) is 20.3 Å². The number of rotatable bonds is 4. The van der Waals surface area contributed by atoms with Crippen molar-refractivity contribution in [3.8, 4) is 6.07 Å². The third-order valence-electron chi connectivity index (χ3n) is 4.11. The third-order valence-corrected chi connectivity index (χ3v) is 4.11. The Balaban J connectivity index is 1.65. The molecule has 1 aliphatic carbocycles. The molecule has 0 bridgehead atoms. The highest BCUT2D eigenvalue weighted by Crippen LogP contribution is 2.27. The van der Waals surface area contributed by atoms with E-state index in [9.17, 15) is 4.79 Å². The van der Waals surface area contributed by atoms with Crippen molar-refractivity contribution < 1.29 is 4.79 Å². The molecule has 0 saturated heterocycles. The lowest BCUT2D eigenvalue weighted by atomic mass is 10.1. The van der Waals surface area contributed by atoms with Gasteiger partial charge in [0, 0.05) is 11.9 Å². The molecule has 1 aromatic carbocycles. The Labute approximate surface area is 132 Å². The number of pyridine rings is 1. The summed E-state index contributed by atoms with van der Waals surface area (Å²) in [5.74, 6) is 1.25. The second kappa shape index (κ2) is 5.36. The molecule has 0 aliphatic heterocycles. The molecule has 2 aromatic heterocycles. The number of imidazole rings is 1. The summed E-state index contributed by atoms with van der Waals surface area (Å²) in [5, 5.41) is 12.8. The van der Waals surface area contributed by atoms with E-state index in [1.807, 2.05) is 6.07 Å². The third kappa shape index (κ3) is 2.73. The summed E-state index contributed by atoms with van der Waals surface area (Å²) in [6, 6.07) is 7.45. The van der Waals surface area contributed by atoms with E-state index in [2.05, 4.69) is 26.3 Å². The number of H-pyrrole nitrogens is 1. The zero-order valence-electron chi connectivity index (χ0n) is 12.5. The Morgan fingerprint density at radius 2 is 2.30 bits per heavy atom. The summed E-state index contributed by atoms with van der Waals surface area (Å²) in [6.45, 7) is 0.759. The molecule has 1 aliphatic rings. The fourth-order valence-electron chi connectivity index (χ4n) is 2.66. The van der Waals surface area contributed by atoms with Crippen molar-refractivity contribution in [3.63, 3.8) is 0 Å². The van der Waals surface area contributed by atoms with E-state index in [1.54, 1.807) is 18.3 Å². The largest absolute Gasteiger partial charge is 0.355 e. The fourth-order valence-corrected chi connectivity index (χ4v) is 2.66. The van der Waals surface area contributed by atoms with Crippen LogP contribution in [0.1, 0.15) is 24.2 Å². The highest BCUT2D eigenvalue weighted by atomic mass is 16.1. The maximum atomic E-state index is 12.0. The van der Waals surface area contributed by atoms with E-state index in [0.29, 0.717) is 17.3 Å². The summed E-state index contributed by atoms with van der Waals surface area (Å²) in [5.41, 5.74) is 2.88. The number of carbonyl (C=O) groups is 1. The van der Waals surface area contributed by atoms with Crippen molar-refractivity contribution in [2.75, 3.05) is 6.54 Å². The molecule has 0 atom stereocenters. The van der Waals surface area contributed by atoms with Crippen LogP contribution >= 0.6 is 0 Å². The number of benzene rings is 1. The zero-order chi connectivity index (χ0) is 15.8. The van der Waals surface area contributed by atoms with Crippen LogP contribution in [0.15, 0.2) is 24.4 Å². The lowest BCUT2D eigenvalue weighted by molar-refractivity contribution is -0.120. The first-order chi connectivity index (χ1) is 11.2. The summed E-state index contributed by atoms with van der Waals surface area (Å²) >= 11 is 0. The molecule has 23 heavy (non-hydrogen) atoms. The van der Waals surface area contributed by atoms with Crippen LogP contribution in [0, 0.1) is 17.2 Å². The SMILES string of the molecule is N#Cc1ccc2ncc3[nH]c(CC(=O)NCC4CC4)nc3c2c1. The van der Waals surface area contributed by atoms with Crippen LogP contribution in [0.4, 0.5) is 0 Å². The van der Waals surface area contributed by atoms with Gasteiger partial charge in [0.15, 0.2) is 0 Å². The van der Waals surface area contributed by atoms with Gasteiger partial charge < -0.3 is 10.3 Å². The van der Waals surface area contributed by atoms with E-state index < -0.39 is 0 Å². The first-order valence-electron chi connectivity index (χ1n) is 7.67. The van der Waals surface area contributed by atoms with Crippen molar-refractivity contribution in [3.05, 3.63) is 35.8 Å². The molecule has 2 N–H and O–H groups in total. The number of amides is 1. The Morgan fingerprint density at radius 3 is 3.09 bits per heavy atom. The minimum Gasteiger partial charge on any atom is -0.355 e. The molecular formula is C17H15N5O. The molecule has 0 unspecified atom stereocenters. The van der Waals surface area contributed by atoms with Crippen LogP contribution in [0.2, 0.25) is 0 Å². The van der Waals surface area contributed by atoms with Crippen LogP contribution in [-0.4, -0.2) is 27.4 Å². The molecular weight excluding hydrogens is 290 g/mol. The first kappa shape index (κ1) is 13.7. The molecule has 2 heterocycles. The lowest BCUT2D eigenvalue weighted by Crippen LogP contribution is -2.27. The van der Waals surface area contributed by atoms with Gasteiger partial charge in [-0.1, -0.05) is 0 Å². The maximum Gasteiger partial charge on any atom is 0.227 e. The Kier molecular flexibility index (Phi) is 3.19. The van der Waals surface area contributed by atoms with E-state index in [-0.39, 0.29) is 12.3 Å². The number of nitrogens with zero attached hydrogens (tertiary/aromatic N) is 3. The molecule has 1 saturated carbocycles. The Morgan fingerprint density at radius 1 is 1.43 bits per heavy atom. The van der Waals surface area contributed by atoms with Gasteiger partial charge in [0.05, 0.1) is 40.8 Å². The summed E-state index contributed by atoms with van der Waals surface area (Å²) < 4.78 is 0. The van der Waals surface area contributed by atoms with Crippen molar-refractivity contribution in [2.45, 2.75) is 19.3 Å². The molecule has 4 rings (SSSR count). The number of nitriles is 1. The number of hydrogen-bond donors (Lipinski definition) is 2. The van der Waals surface area contributed by atoms with Gasteiger partial charge in [0.25, 0.3) is 0 Å². The van der Waals surface area contributed by atoms with Gasteiger partial charge in [-0.3, -0.25) is 9.78 Å². The number of aromatic nitrogens is 3. The number of aromatic amines is 1. The highest BCUT2D eigenvalue weighted by Gasteiger charge is 2.21. The number of nitrogens with one attached hydrogen (secondary N) is 2. The summed E-state index contributed by atoms with van der Waals surface area (Å²) in [7, 11) is 0. The second-order valence-corrected chi connectivity index (χ2v) is 5.97. The normalized spacial score (nSPS) is 14.0. The summed E-state index contributed by atoms with van der Waals surface area (Å²) in [6.07, 6.45) is 4.36. The predicted octanol–water partition coefficient (Wildman–Crippen LogP) is 2.05. The van der Waals surface area contributed by atoms with Gasteiger partial charge in [0.2, 0.25) is 5.91 Å². The van der Waals surface area contributed by atoms with E-state index in [4.69, 9.17) is 5.26 Å². The molecule has 1 fully saturated rings. The van der Waals surface area contributed by atoms with E-state index in [0.717, 1.165) is 28.5 Å². The van der Waals surface area contributed by atoms with Crippen LogP contribution in [-0.2, 0) is 11.2 Å². The molecule has 6 nitrogen and oxygen atoms in total. The zero-order valence-corrected chi connectivity index (χ0v) is 12.5. The minimum atomic E-state index is -0.0223. The average molecular weight is 305 g/mol. The predicted molar refractivity (Wildman–Crippen MR) is 85.5 cm³/mol. The van der Waals surface area contributed by atoms with Gasteiger partial charge in [-0.15, -0.1) is 0 Å². The molecule has 3 aromatic rings. The van der Waals surface area contributed by atoms with Crippen molar-refractivity contribution >= 4 is 27.8 Å². The van der Waals surface area contributed by atoms with Gasteiger partial charge in [0.1, 0.15) is 5.82 Å². The van der Waals surface area contributed by atoms with Gasteiger partial charge >= 0.3 is 0 Å². The van der Waals surface area contributed by atoms with Crippen LogP contribution in [0.5, 0.6) is 0 Å². The number of carbonyl (C=O) groups excluding carboxylic acids is 1. The van der Waals surface area contributed by atoms with E-state index >= 15 is 0 Å². The minimum absolute atomic E-state index is 0.0223. The van der Waals surface area contributed by atoms with Gasteiger partial charge in [-0.25, -0.2) is 4.98 Å². The number of fused-ring (bicyclic) bond motifs is 3. The van der Waals surface area contributed by atoms with Crippen molar-refractivity contribution in [2.24, 2.45) is 5.92 Å². The molecule has 6 heteroatoms. The van der Waals surface area contributed by atoms with Gasteiger partial charge in [-0.05, 0) is 37.0 Å². The maximum absolute atomic E-state index is 12.0. The monoisotopic (exact) mass is 305 g/mol. The fraction of sp³-hybridized carbons (Fsp3) is 0.294. The topological polar surface area (TPSA) is 94.5 Å². The number of hydrogen-bond acceptors (Lipinski definition) is 4. The van der Waals surface area contributed by atoms with Crippen LogP contribution in [0.3, 0.4) is 0 Å².